The molecule has 0 aromatic rings. The van der Waals surface area contributed by atoms with Crippen molar-refractivity contribution in [2.75, 3.05) is 19.6 Å². The molecule has 3 saturated carbocycles. The molecule has 5 N–H and O–H groups in total. The van der Waals surface area contributed by atoms with Crippen molar-refractivity contribution in [3.8, 4) is 6.07 Å². The molecule has 3 aliphatic carbocycles. The lowest BCUT2D eigenvalue weighted by molar-refractivity contribution is 0.0412. The van der Waals surface area contributed by atoms with Gasteiger partial charge in [-0.1, -0.05) is 12.8 Å². The Morgan fingerprint density at radius 2 is 1.51 bits per heavy atom. The number of hydrogen-bond acceptors (Lipinski definition) is 6. The van der Waals surface area contributed by atoms with Crippen LogP contribution in [0.4, 0.5) is 0 Å². The minimum Gasteiger partial charge on any atom is -0.317 e. The number of nitrogens with zero attached hydrogens (tertiary/aromatic N) is 1. The maximum absolute atomic E-state index is 9.65. The lowest BCUT2D eigenvalue weighted by Gasteiger charge is -2.50. The van der Waals surface area contributed by atoms with E-state index in [1.807, 2.05) is 0 Å². The van der Waals surface area contributed by atoms with Crippen molar-refractivity contribution in [2.45, 2.75) is 128 Å². The van der Waals surface area contributed by atoms with Crippen LogP contribution in [0.3, 0.4) is 0 Å². The molecule has 3 heterocycles. The molecule has 0 bridgehead atoms. The molecule has 6 aliphatic rings. The largest absolute Gasteiger partial charge is 0.317 e. The van der Waals surface area contributed by atoms with Gasteiger partial charge in [0, 0.05) is 36.8 Å². The van der Waals surface area contributed by atoms with Gasteiger partial charge in [0.25, 0.3) is 0 Å². The number of hydrogen-bond donors (Lipinski definition) is 5. The summed E-state index contributed by atoms with van der Waals surface area (Å²) in [6.45, 7) is 7.82. The van der Waals surface area contributed by atoms with E-state index in [0.717, 1.165) is 54.3 Å². The van der Waals surface area contributed by atoms with Gasteiger partial charge in [-0.15, -0.1) is 0 Å². The first-order valence-electron chi connectivity index (χ1n) is 16.1. The lowest BCUT2D eigenvalue weighted by Crippen LogP contribution is -2.58. The Bertz CT molecular complexity index is 794. The number of rotatable bonds is 5. The molecule has 0 aromatic carbocycles. The maximum Gasteiger partial charge on any atom is 0.0686 e. The highest BCUT2D eigenvalue weighted by Gasteiger charge is 2.52. The van der Waals surface area contributed by atoms with Gasteiger partial charge in [0.2, 0.25) is 0 Å². The van der Waals surface area contributed by atoms with Crippen LogP contribution in [-0.4, -0.2) is 49.8 Å². The van der Waals surface area contributed by atoms with Crippen molar-refractivity contribution in [1.29, 1.82) is 5.26 Å². The summed E-state index contributed by atoms with van der Waals surface area (Å²) in [6.07, 6.45) is 17.6. The van der Waals surface area contributed by atoms with Crippen LogP contribution in [0.1, 0.15) is 97.3 Å². The van der Waals surface area contributed by atoms with Gasteiger partial charge in [-0.2, -0.15) is 5.26 Å². The Kier molecular flexibility index (Phi) is 8.18. The van der Waals surface area contributed by atoms with E-state index in [1.54, 1.807) is 0 Å². The van der Waals surface area contributed by atoms with E-state index in [2.05, 4.69) is 46.7 Å². The molecule has 0 radical (unpaired) electrons. The fraction of sp³-hybridized carbons (Fsp3) is 0.968. The minimum absolute atomic E-state index is 0.175. The molecule has 3 aliphatic heterocycles. The van der Waals surface area contributed by atoms with Gasteiger partial charge in [0.15, 0.2) is 0 Å². The predicted octanol–water partition coefficient (Wildman–Crippen LogP) is 4.09. The van der Waals surface area contributed by atoms with Crippen molar-refractivity contribution in [1.82, 2.24) is 26.8 Å². The van der Waals surface area contributed by atoms with Gasteiger partial charge in [-0.3, -0.25) is 10.9 Å². The summed E-state index contributed by atoms with van der Waals surface area (Å²) in [5, 5.41) is 21.3. The SMILES string of the molecule is CC(C)(C#N)C1CCC(C2NNC3CNC4CCC(C5CCCC(NC6CCNCC6)C5)CC4C32)CC1. The van der Waals surface area contributed by atoms with Crippen LogP contribution in [0.15, 0.2) is 0 Å². The van der Waals surface area contributed by atoms with E-state index in [4.69, 9.17) is 0 Å². The molecule has 8 atom stereocenters. The fourth-order valence-electron chi connectivity index (χ4n) is 9.87. The predicted molar refractivity (Wildman–Crippen MR) is 150 cm³/mol. The second kappa shape index (κ2) is 11.4. The normalized spacial score (nSPS) is 45.5. The average molecular weight is 511 g/mol. The summed E-state index contributed by atoms with van der Waals surface area (Å²) in [5.74, 6) is 4.77. The van der Waals surface area contributed by atoms with Gasteiger partial charge in [0.05, 0.1) is 11.5 Å². The minimum atomic E-state index is -0.175. The molecular weight excluding hydrogens is 456 g/mol. The van der Waals surface area contributed by atoms with Crippen LogP contribution in [0.25, 0.3) is 0 Å². The van der Waals surface area contributed by atoms with Gasteiger partial charge >= 0.3 is 0 Å². The first kappa shape index (κ1) is 26.5. The molecule has 37 heavy (non-hydrogen) atoms. The highest BCUT2D eigenvalue weighted by molar-refractivity contribution is 5.08. The Balaban J connectivity index is 1.08. The van der Waals surface area contributed by atoms with Crippen molar-refractivity contribution < 1.29 is 0 Å². The number of fused-ring (bicyclic) bond motifs is 3. The van der Waals surface area contributed by atoms with Gasteiger partial charge < -0.3 is 16.0 Å². The van der Waals surface area contributed by atoms with E-state index in [-0.39, 0.29) is 5.41 Å². The monoisotopic (exact) mass is 510 g/mol. The zero-order valence-electron chi connectivity index (χ0n) is 23.6. The van der Waals surface area contributed by atoms with E-state index in [9.17, 15) is 5.26 Å². The molecular formula is C31H54N6. The van der Waals surface area contributed by atoms with Crippen LogP contribution < -0.4 is 26.8 Å². The van der Waals surface area contributed by atoms with Crippen LogP contribution in [-0.2, 0) is 0 Å². The zero-order valence-corrected chi connectivity index (χ0v) is 23.6. The number of piperidine rings is 2. The van der Waals surface area contributed by atoms with Crippen molar-refractivity contribution in [3.63, 3.8) is 0 Å². The van der Waals surface area contributed by atoms with E-state index >= 15 is 0 Å². The number of nitrogens with one attached hydrogen (secondary N) is 5. The molecule has 0 spiro atoms. The zero-order chi connectivity index (χ0) is 25.4. The third-order valence-corrected chi connectivity index (χ3v) is 12.1. The van der Waals surface area contributed by atoms with Crippen LogP contribution in [0.5, 0.6) is 0 Å². The van der Waals surface area contributed by atoms with Gasteiger partial charge in [-0.05, 0) is 133 Å². The van der Waals surface area contributed by atoms with E-state index in [1.165, 1.54) is 96.6 Å². The smallest absolute Gasteiger partial charge is 0.0686 e. The fourth-order valence-corrected chi connectivity index (χ4v) is 9.87. The summed E-state index contributed by atoms with van der Waals surface area (Å²) >= 11 is 0. The van der Waals surface area contributed by atoms with E-state index in [0.29, 0.717) is 18.0 Å². The highest BCUT2D eigenvalue weighted by Crippen LogP contribution is 2.49. The summed E-state index contributed by atoms with van der Waals surface area (Å²) < 4.78 is 0. The van der Waals surface area contributed by atoms with Crippen molar-refractivity contribution in [2.24, 2.45) is 40.9 Å². The molecule has 6 fully saturated rings. The molecule has 6 heteroatoms. The maximum atomic E-state index is 9.65. The molecule has 208 valence electrons. The summed E-state index contributed by atoms with van der Waals surface area (Å²) in [4.78, 5) is 0. The first-order valence-corrected chi connectivity index (χ1v) is 16.1. The number of hydrazine groups is 1. The van der Waals surface area contributed by atoms with Crippen LogP contribution in [0.2, 0.25) is 0 Å². The molecule has 3 saturated heterocycles. The Hall–Kier alpha value is -0.710. The van der Waals surface area contributed by atoms with E-state index < -0.39 is 0 Å². The molecule has 8 unspecified atom stereocenters. The standard InChI is InChI=1S/C31H54N6/c1-31(2,19-32)23-9-6-20(7-10-23)30-29-26-17-22(8-11-27(26)34-18-28(29)36-37-30)21-4-3-5-25(16-21)35-24-12-14-33-15-13-24/h20-30,33-37H,3-18H2,1-2H3. The summed E-state index contributed by atoms with van der Waals surface area (Å²) in [7, 11) is 0. The Morgan fingerprint density at radius 1 is 0.757 bits per heavy atom. The second-order valence-electron chi connectivity index (χ2n) is 14.5. The van der Waals surface area contributed by atoms with Crippen molar-refractivity contribution in [3.05, 3.63) is 0 Å². The molecule has 6 nitrogen and oxygen atoms in total. The van der Waals surface area contributed by atoms with Crippen LogP contribution >= 0.6 is 0 Å². The average Bonchev–Trinajstić information content (AvgIpc) is 3.38. The topological polar surface area (TPSA) is 83.9 Å². The third-order valence-electron chi connectivity index (χ3n) is 12.1. The quantitative estimate of drug-likeness (QED) is 0.383. The Labute approximate surface area is 226 Å². The molecule has 0 aromatic heterocycles. The lowest BCUT2D eigenvalue weighted by atomic mass is 9.59. The van der Waals surface area contributed by atoms with Crippen LogP contribution in [0, 0.1) is 52.3 Å². The summed E-state index contributed by atoms with van der Waals surface area (Å²) in [6, 6.07) is 6.02. The third kappa shape index (κ3) is 5.64. The highest BCUT2D eigenvalue weighted by atomic mass is 15.4. The first-order chi connectivity index (χ1) is 18.0. The molecule has 6 rings (SSSR count). The summed E-state index contributed by atoms with van der Waals surface area (Å²) in [5.41, 5.74) is 7.43. The number of nitriles is 1. The van der Waals surface area contributed by atoms with Crippen molar-refractivity contribution >= 4 is 0 Å². The van der Waals surface area contributed by atoms with Gasteiger partial charge in [0.1, 0.15) is 0 Å². The van der Waals surface area contributed by atoms with Gasteiger partial charge in [-0.25, -0.2) is 0 Å². The second-order valence-corrected chi connectivity index (χ2v) is 14.5. The Morgan fingerprint density at radius 3 is 2.30 bits per heavy atom. The molecule has 0 amide bonds.